The molecule has 0 aliphatic heterocycles. The molecule has 2 fully saturated rings. The first-order valence-electron chi connectivity index (χ1n) is 16.5. The molecule has 2 aliphatic carbocycles. The molecule has 0 spiro atoms. The molecular weight excluding hydrogens is 508 g/mol. The van der Waals surface area contributed by atoms with Crippen molar-refractivity contribution < 1.29 is 19.1 Å². The Morgan fingerprint density at radius 3 is 1.49 bits per heavy atom. The van der Waals surface area contributed by atoms with E-state index in [4.69, 9.17) is 9.47 Å². The first kappa shape index (κ1) is 31.3. The third-order valence-corrected chi connectivity index (χ3v) is 9.62. The maximum absolute atomic E-state index is 12.7. The van der Waals surface area contributed by atoms with Crippen LogP contribution in [0.2, 0.25) is 0 Å². The quantitative estimate of drug-likeness (QED) is 0.229. The molecule has 0 saturated heterocycles. The molecule has 2 aromatic rings. The van der Waals surface area contributed by atoms with Crippen LogP contribution in [-0.4, -0.2) is 24.6 Å². The molecule has 224 valence electrons. The molecule has 0 N–H and O–H groups in total. The van der Waals surface area contributed by atoms with Crippen molar-refractivity contribution in [3.8, 4) is 0 Å². The van der Waals surface area contributed by atoms with E-state index in [0.29, 0.717) is 23.0 Å². The number of benzene rings is 2. The first-order valence-corrected chi connectivity index (χ1v) is 16.5. The summed E-state index contributed by atoms with van der Waals surface area (Å²) in [5, 5.41) is 0. The first-order chi connectivity index (χ1) is 20.0. The van der Waals surface area contributed by atoms with Crippen LogP contribution in [0.1, 0.15) is 154 Å². The van der Waals surface area contributed by atoms with Gasteiger partial charge in [-0.1, -0.05) is 76.6 Å². The van der Waals surface area contributed by atoms with E-state index >= 15 is 0 Å². The van der Waals surface area contributed by atoms with E-state index in [1.165, 1.54) is 101 Å². The van der Waals surface area contributed by atoms with Gasteiger partial charge in [0.25, 0.3) is 0 Å². The van der Waals surface area contributed by atoms with Crippen molar-refractivity contribution >= 4 is 11.9 Å². The number of hydrogen-bond donors (Lipinski definition) is 0. The fourth-order valence-electron chi connectivity index (χ4n) is 6.90. The highest BCUT2D eigenvalue weighted by Crippen LogP contribution is 2.39. The van der Waals surface area contributed by atoms with Gasteiger partial charge in [-0.3, -0.25) is 0 Å². The standard InChI is InChI=1S/C37H52O4/c1-4-6-8-28-10-14-30(15-11-28)32-18-22-34(23-19-32)36(38)40-26-27(3)41-37(39)35-24-20-33(21-25-35)31-16-12-29(13-17-31)9-7-5-2/h18-25,27-31H,4-17,26H2,1-3H3. The Balaban J connectivity index is 1.17. The second kappa shape index (κ2) is 16.1. The van der Waals surface area contributed by atoms with Crippen LogP contribution in [0.3, 0.4) is 0 Å². The lowest BCUT2D eigenvalue weighted by Crippen LogP contribution is -2.22. The molecule has 0 radical (unpaired) electrons. The summed E-state index contributed by atoms with van der Waals surface area (Å²) in [6.45, 7) is 6.33. The third-order valence-electron chi connectivity index (χ3n) is 9.62. The number of hydrogen-bond acceptors (Lipinski definition) is 4. The van der Waals surface area contributed by atoms with Gasteiger partial charge < -0.3 is 9.47 Å². The average Bonchev–Trinajstić information content (AvgIpc) is 3.02. The topological polar surface area (TPSA) is 52.6 Å². The van der Waals surface area contributed by atoms with E-state index in [0.717, 1.165) is 11.8 Å². The summed E-state index contributed by atoms with van der Waals surface area (Å²) in [6.07, 6.45) is 17.7. The summed E-state index contributed by atoms with van der Waals surface area (Å²) in [6, 6.07) is 15.8. The van der Waals surface area contributed by atoms with Crippen molar-refractivity contribution in [2.45, 2.75) is 129 Å². The fourth-order valence-corrected chi connectivity index (χ4v) is 6.90. The molecule has 1 unspecified atom stereocenters. The summed E-state index contributed by atoms with van der Waals surface area (Å²) in [4.78, 5) is 25.3. The van der Waals surface area contributed by atoms with Crippen LogP contribution in [-0.2, 0) is 9.47 Å². The molecule has 2 aliphatic rings. The van der Waals surface area contributed by atoms with Crippen molar-refractivity contribution in [2.24, 2.45) is 11.8 Å². The van der Waals surface area contributed by atoms with Gasteiger partial charge in [0.05, 0.1) is 11.1 Å². The van der Waals surface area contributed by atoms with Crippen LogP contribution in [0.15, 0.2) is 48.5 Å². The number of carbonyl (C=O) groups excluding carboxylic acids is 2. The highest BCUT2D eigenvalue weighted by molar-refractivity contribution is 5.90. The molecule has 2 saturated carbocycles. The van der Waals surface area contributed by atoms with Gasteiger partial charge in [0.15, 0.2) is 0 Å². The maximum Gasteiger partial charge on any atom is 0.338 e. The molecule has 0 bridgehead atoms. The lowest BCUT2D eigenvalue weighted by molar-refractivity contribution is 0.00447. The predicted molar refractivity (Wildman–Crippen MR) is 166 cm³/mol. The molecule has 0 amide bonds. The fraction of sp³-hybridized carbons (Fsp3) is 0.622. The summed E-state index contributed by atoms with van der Waals surface area (Å²) < 4.78 is 11.1. The number of esters is 2. The van der Waals surface area contributed by atoms with Gasteiger partial charge in [0.2, 0.25) is 0 Å². The zero-order chi connectivity index (χ0) is 29.0. The smallest absolute Gasteiger partial charge is 0.338 e. The largest absolute Gasteiger partial charge is 0.458 e. The van der Waals surface area contributed by atoms with Crippen molar-refractivity contribution in [3.63, 3.8) is 0 Å². The molecule has 0 aromatic heterocycles. The van der Waals surface area contributed by atoms with Crippen LogP contribution in [0.5, 0.6) is 0 Å². The monoisotopic (exact) mass is 560 g/mol. The molecule has 4 rings (SSSR count). The van der Waals surface area contributed by atoms with Gasteiger partial charge in [-0.2, -0.15) is 0 Å². The Morgan fingerprint density at radius 1 is 0.659 bits per heavy atom. The zero-order valence-corrected chi connectivity index (χ0v) is 25.7. The Labute approximate surface area is 248 Å². The Kier molecular flexibility index (Phi) is 12.3. The summed E-state index contributed by atoms with van der Waals surface area (Å²) in [5.74, 6) is 2.21. The van der Waals surface area contributed by atoms with Gasteiger partial charge in [-0.15, -0.1) is 0 Å². The lowest BCUT2D eigenvalue weighted by Gasteiger charge is -2.29. The number of unbranched alkanes of at least 4 members (excludes halogenated alkanes) is 2. The molecule has 4 heteroatoms. The lowest BCUT2D eigenvalue weighted by atomic mass is 9.77. The second-order valence-corrected chi connectivity index (χ2v) is 12.8. The second-order valence-electron chi connectivity index (χ2n) is 12.8. The predicted octanol–water partition coefficient (Wildman–Crippen LogP) is 10.0. The van der Waals surface area contributed by atoms with E-state index < -0.39 is 6.10 Å². The average molecular weight is 561 g/mol. The van der Waals surface area contributed by atoms with Crippen molar-refractivity contribution in [2.75, 3.05) is 6.61 Å². The molecule has 4 nitrogen and oxygen atoms in total. The molecular formula is C37H52O4. The van der Waals surface area contributed by atoms with Crippen molar-refractivity contribution in [1.29, 1.82) is 0 Å². The Bertz CT molecular complexity index is 1060. The van der Waals surface area contributed by atoms with E-state index in [9.17, 15) is 9.59 Å². The van der Waals surface area contributed by atoms with Crippen LogP contribution in [0, 0.1) is 11.8 Å². The van der Waals surface area contributed by atoms with Crippen LogP contribution >= 0.6 is 0 Å². The SMILES string of the molecule is CCCCC1CCC(c2ccc(C(=O)OCC(C)OC(=O)c3ccc(C4CCC(CCCC)CC4)cc3)cc2)CC1. The third kappa shape index (κ3) is 9.45. The Morgan fingerprint density at radius 2 is 1.07 bits per heavy atom. The van der Waals surface area contributed by atoms with Gasteiger partial charge in [-0.25, -0.2) is 9.59 Å². The highest BCUT2D eigenvalue weighted by atomic mass is 16.6. The normalized spacial score (nSPS) is 23.5. The zero-order valence-electron chi connectivity index (χ0n) is 25.7. The maximum atomic E-state index is 12.7. The Hall–Kier alpha value is -2.62. The van der Waals surface area contributed by atoms with E-state index in [1.807, 2.05) is 24.3 Å². The molecule has 0 heterocycles. The number of carbonyl (C=O) groups is 2. The number of ether oxygens (including phenoxy) is 2. The van der Waals surface area contributed by atoms with Crippen LogP contribution < -0.4 is 0 Å². The van der Waals surface area contributed by atoms with Gasteiger partial charge in [0.1, 0.15) is 12.7 Å². The van der Waals surface area contributed by atoms with Crippen LogP contribution in [0.25, 0.3) is 0 Å². The molecule has 41 heavy (non-hydrogen) atoms. The van der Waals surface area contributed by atoms with Gasteiger partial charge in [0, 0.05) is 0 Å². The van der Waals surface area contributed by atoms with Gasteiger partial charge in [-0.05, 0) is 117 Å². The van der Waals surface area contributed by atoms with Crippen molar-refractivity contribution in [1.82, 2.24) is 0 Å². The summed E-state index contributed by atoms with van der Waals surface area (Å²) in [5.41, 5.74) is 3.73. The number of rotatable bonds is 13. The van der Waals surface area contributed by atoms with Gasteiger partial charge >= 0.3 is 11.9 Å². The minimum atomic E-state index is -0.522. The van der Waals surface area contributed by atoms with E-state index in [1.54, 1.807) is 6.92 Å². The summed E-state index contributed by atoms with van der Waals surface area (Å²) >= 11 is 0. The minimum Gasteiger partial charge on any atom is -0.458 e. The highest BCUT2D eigenvalue weighted by Gasteiger charge is 2.24. The van der Waals surface area contributed by atoms with Crippen molar-refractivity contribution in [3.05, 3.63) is 70.8 Å². The van der Waals surface area contributed by atoms with Crippen LogP contribution in [0.4, 0.5) is 0 Å². The minimum absolute atomic E-state index is 0.0352. The molecule has 2 aromatic carbocycles. The summed E-state index contributed by atoms with van der Waals surface area (Å²) in [7, 11) is 0. The van der Waals surface area contributed by atoms with E-state index in [-0.39, 0.29) is 18.5 Å². The molecule has 1 atom stereocenters. The van der Waals surface area contributed by atoms with E-state index in [2.05, 4.69) is 38.1 Å².